The van der Waals surface area contributed by atoms with Crippen LogP contribution in [0.2, 0.25) is 0 Å². The molecule has 3 rings (SSSR count). The quantitative estimate of drug-likeness (QED) is 0.849. The van der Waals surface area contributed by atoms with Crippen molar-refractivity contribution in [2.24, 2.45) is 0 Å². The largest absolute Gasteiger partial charge is 0.394 e. The zero-order valence-electron chi connectivity index (χ0n) is 9.99. The third kappa shape index (κ3) is 1.91. The number of fused-ring (bicyclic) bond motifs is 1. The number of rotatable bonds is 2. The maximum absolute atomic E-state index is 9.42. The summed E-state index contributed by atoms with van der Waals surface area (Å²) in [5.41, 5.74) is 0. The minimum Gasteiger partial charge on any atom is -0.394 e. The highest BCUT2D eigenvalue weighted by Crippen LogP contribution is 2.25. The average molecular weight is 245 g/mol. The van der Waals surface area contributed by atoms with Gasteiger partial charge in [0.2, 0.25) is 0 Å². The van der Waals surface area contributed by atoms with E-state index < -0.39 is 0 Å². The van der Waals surface area contributed by atoms with Crippen molar-refractivity contribution in [3.05, 3.63) is 30.5 Å². The maximum atomic E-state index is 9.42. The van der Waals surface area contributed by atoms with Crippen molar-refractivity contribution < 1.29 is 9.84 Å². The molecule has 1 aliphatic rings. The van der Waals surface area contributed by atoms with Gasteiger partial charge in [-0.2, -0.15) is 5.10 Å². The van der Waals surface area contributed by atoms with Gasteiger partial charge in [-0.25, -0.2) is 0 Å². The summed E-state index contributed by atoms with van der Waals surface area (Å²) in [5.74, 6) is 0.829. The monoisotopic (exact) mass is 245 g/mol. The van der Waals surface area contributed by atoms with Gasteiger partial charge in [-0.1, -0.05) is 24.3 Å². The summed E-state index contributed by atoms with van der Waals surface area (Å²) in [7, 11) is 0. The highest BCUT2D eigenvalue weighted by Gasteiger charge is 2.25. The van der Waals surface area contributed by atoms with Crippen molar-refractivity contribution >= 4 is 16.6 Å². The van der Waals surface area contributed by atoms with Crippen LogP contribution in [-0.4, -0.2) is 47.7 Å². The first kappa shape index (κ1) is 11.4. The average Bonchev–Trinajstić information content (AvgIpc) is 2.46. The number of ether oxygens (including phenoxy) is 1. The number of anilines is 1. The summed E-state index contributed by atoms with van der Waals surface area (Å²) in [4.78, 5) is 2.08. The first-order valence-corrected chi connectivity index (χ1v) is 6.06. The Labute approximate surface area is 105 Å². The number of nitrogens with zero attached hydrogens (tertiary/aromatic N) is 3. The fourth-order valence-electron chi connectivity index (χ4n) is 2.31. The lowest BCUT2D eigenvalue weighted by atomic mass is 10.1. The van der Waals surface area contributed by atoms with E-state index in [0.717, 1.165) is 23.1 Å². The van der Waals surface area contributed by atoms with Crippen LogP contribution in [0.15, 0.2) is 30.5 Å². The smallest absolute Gasteiger partial charge is 0.159 e. The van der Waals surface area contributed by atoms with Gasteiger partial charge in [0.1, 0.15) is 0 Å². The molecule has 0 amide bonds. The molecule has 0 saturated carbocycles. The molecule has 0 spiro atoms. The third-order valence-corrected chi connectivity index (χ3v) is 3.26. The van der Waals surface area contributed by atoms with Gasteiger partial charge in [0.25, 0.3) is 0 Å². The van der Waals surface area contributed by atoms with Crippen LogP contribution in [-0.2, 0) is 4.74 Å². The van der Waals surface area contributed by atoms with E-state index in [1.54, 1.807) is 6.20 Å². The Morgan fingerprint density at radius 1 is 1.39 bits per heavy atom. The van der Waals surface area contributed by atoms with E-state index >= 15 is 0 Å². The van der Waals surface area contributed by atoms with Crippen LogP contribution in [0.25, 0.3) is 10.8 Å². The van der Waals surface area contributed by atoms with Gasteiger partial charge < -0.3 is 14.7 Å². The van der Waals surface area contributed by atoms with Gasteiger partial charge in [0.15, 0.2) is 5.82 Å². The fourth-order valence-corrected chi connectivity index (χ4v) is 2.31. The molecule has 2 heterocycles. The second kappa shape index (κ2) is 4.88. The molecule has 1 atom stereocenters. The van der Waals surface area contributed by atoms with Crippen molar-refractivity contribution in [1.82, 2.24) is 10.2 Å². The van der Waals surface area contributed by atoms with Gasteiger partial charge >= 0.3 is 0 Å². The molecule has 1 N–H and O–H groups in total. The highest BCUT2D eigenvalue weighted by atomic mass is 16.5. The topological polar surface area (TPSA) is 58.5 Å². The second-order valence-electron chi connectivity index (χ2n) is 4.36. The van der Waals surface area contributed by atoms with E-state index in [4.69, 9.17) is 4.74 Å². The van der Waals surface area contributed by atoms with Gasteiger partial charge in [-0.05, 0) is 0 Å². The van der Waals surface area contributed by atoms with E-state index in [1.165, 1.54) is 0 Å². The zero-order valence-corrected chi connectivity index (χ0v) is 9.99. The predicted molar refractivity (Wildman–Crippen MR) is 68.6 cm³/mol. The lowest BCUT2D eigenvalue weighted by Gasteiger charge is -2.35. The third-order valence-electron chi connectivity index (χ3n) is 3.26. The summed E-state index contributed by atoms with van der Waals surface area (Å²) in [6.45, 7) is 1.97. The summed E-state index contributed by atoms with van der Waals surface area (Å²) in [6.07, 6.45) is 1.76. The molecule has 1 aliphatic heterocycles. The Morgan fingerprint density at radius 2 is 2.28 bits per heavy atom. The molecular weight excluding hydrogens is 230 g/mol. The predicted octanol–water partition coefficient (Wildman–Crippen LogP) is 0.827. The van der Waals surface area contributed by atoms with Gasteiger partial charge in [0, 0.05) is 17.3 Å². The molecule has 1 unspecified atom stereocenters. The molecule has 1 aromatic carbocycles. The zero-order chi connectivity index (χ0) is 12.4. The molecule has 1 saturated heterocycles. The van der Waals surface area contributed by atoms with Crippen molar-refractivity contribution in [3.8, 4) is 0 Å². The van der Waals surface area contributed by atoms with Gasteiger partial charge in [0.05, 0.1) is 32.1 Å². The SMILES string of the molecule is OCC1COCCN1c1nncc2ccccc12. The van der Waals surface area contributed by atoms with Crippen LogP contribution in [0.4, 0.5) is 5.82 Å². The van der Waals surface area contributed by atoms with Crippen LogP contribution in [0.5, 0.6) is 0 Å². The molecule has 0 aliphatic carbocycles. The number of aliphatic hydroxyl groups is 1. The fraction of sp³-hybridized carbons (Fsp3) is 0.385. The number of benzene rings is 1. The normalized spacial score (nSPS) is 20.3. The van der Waals surface area contributed by atoms with Gasteiger partial charge in [-0.3, -0.25) is 0 Å². The minimum atomic E-state index is -0.0427. The molecule has 0 bridgehead atoms. The first-order chi connectivity index (χ1) is 8.90. The number of aliphatic hydroxyl groups excluding tert-OH is 1. The van der Waals surface area contributed by atoms with Crippen LogP contribution in [0.1, 0.15) is 0 Å². The minimum absolute atomic E-state index is 0.0427. The molecule has 18 heavy (non-hydrogen) atoms. The van der Waals surface area contributed by atoms with Crippen LogP contribution in [0.3, 0.4) is 0 Å². The summed E-state index contributed by atoms with van der Waals surface area (Å²) < 4.78 is 5.39. The van der Waals surface area contributed by atoms with Crippen LogP contribution in [0, 0.1) is 0 Å². The van der Waals surface area contributed by atoms with E-state index in [2.05, 4.69) is 15.1 Å². The highest BCUT2D eigenvalue weighted by molar-refractivity contribution is 5.91. The van der Waals surface area contributed by atoms with E-state index in [0.29, 0.717) is 13.2 Å². The number of hydrogen-bond donors (Lipinski definition) is 1. The molecule has 0 radical (unpaired) electrons. The second-order valence-corrected chi connectivity index (χ2v) is 4.36. The number of morpholine rings is 1. The molecular formula is C13H15N3O2. The van der Waals surface area contributed by atoms with Crippen molar-refractivity contribution in [2.45, 2.75) is 6.04 Å². The van der Waals surface area contributed by atoms with E-state index in [9.17, 15) is 5.11 Å². The van der Waals surface area contributed by atoms with Gasteiger partial charge in [-0.15, -0.1) is 5.10 Å². The van der Waals surface area contributed by atoms with Crippen LogP contribution >= 0.6 is 0 Å². The molecule has 94 valence electrons. The molecule has 2 aromatic rings. The Balaban J connectivity index is 2.07. The van der Waals surface area contributed by atoms with Crippen molar-refractivity contribution in [2.75, 3.05) is 31.3 Å². The molecule has 5 heteroatoms. The van der Waals surface area contributed by atoms with Crippen molar-refractivity contribution in [1.29, 1.82) is 0 Å². The first-order valence-electron chi connectivity index (χ1n) is 6.06. The lowest BCUT2D eigenvalue weighted by molar-refractivity contribution is 0.0723. The Kier molecular flexibility index (Phi) is 3.08. The molecule has 1 aromatic heterocycles. The standard InChI is InChI=1S/C13H15N3O2/c17-8-11-9-18-6-5-16(11)13-12-4-2-1-3-10(12)7-14-15-13/h1-4,7,11,17H,5-6,8-9H2. The number of hydrogen-bond acceptors (Lipinski definition) is 5. The van der Waals surface area contributed by atoms with Crippen LogP contribution < -0.4 is 4.90 Å². The summed E-state index contributed by atoms with van der Waals surface area (Å²) >= 11 is 0. The Bertz CT molecular complexity index is 541. The summed E-state index contributed by atoms with van der Waals surface area (Å²) in [5, 5.41) is 19.8. The van der Waals surface area contributed by atoms with E-state index in [-0.39, 0.29) is 12.6 Å². The lowest BCUT2D eigenvalue weighted by Crippen LogP contribution is -2.48. The Morgan fingerprint density at radius 3 is 3.17 bits per heavy atom. The molecule has 1 fully saturated rings. The van der Waals surface area contributed by atoms with Crippen molar-refractivity contribution in [3.63, 3.8) is 0 Å². The van der Waals surface area contributed by atoms with E-state index in [1.807, 2.05) is 24.3 Å². The Hall–Kier alpha value is -1.72. The summed E-state index contributed by atoms with van der Waals surface area (Å²) in [6, 6.07) is 7.97. The molecule has 5 nitrogen and oxygen atoms in total. The number of aromatic nitrogens is 2. The maximum Gasteiger partial charge on any atom is 0.159 e.